The van der Waals surface area contributed by atoms with Crippen LogP contribution in [0.5, 0.6) is 0 Å². The first-order valence-corrected chi connectivity index (χ1v) is 8.75. The predicted molar refractivity (Wildman–Crippen MR) is 87.4 cm³/mol. The standard InChI is InChI=1S/C17H26N2S/c1-17(2,3)19-10-8-13(9-11-19)18-15-12-20-16-7-5-4-6-14(15)16/h4-7,13,15,18H,8-12H2,1-3H3. The van der Waals surface area contributed by atoms with Crippen LogP contribution in [-0.4, -0.2) is 35.3 Å². The van der Waals surface area contributed by atoms with Gasteiger partial charge in [0.1, 0.15) is 0 Å². The average molecular weight is 290 g/mol. The summed E-state index contributed by atoms with van der Waals surface area (Å²) < 4.78 is 0. The number of piperidine rings is 1. The third kappa shape index (κ3) is 3.05. The molecule has 1 aromatic rings. The van der Waals surface area contributed by atoms with E-state index in [1.165, 1.54) is 42.1 Å². The van der Waals surface area contributed by atoms with Crippen LogP contribution < -0.4 is 5.32 Å². The van der Waals surface area contributed by atoms with E-state index in [4.69, 9.17) is 0 Å². The summed E-state index contributed by atoms with van der Waals surface area (Å²) in [4.78, 5) is 4.08. The van der Waals surface area contributed by atoms with Gasteiger partial charge < -0.3 is 5.32 Å². The molecule has 1 atom stereocenters. The molecule has 2 heterocycles. The zero-order valence-corrected chi connectivity index (χ0v) is 13.7. The van der Waals surface area contributed by atoms with Crippen molar-refractivity contribution < 1.29 is 0 Å². The maximum absolute atomic E-state index is 3.90. The topological polar surface area (TPSA) is 15.3 Å². The number of hydrogen-bond acceptors (Lipinski definition) is 3. The van der Waals surface area contributed by atoms with Gasteiger partial charge in [-0.1, -0.05) is 18.2 Å². The number of nitrogens with zero attached hydrogens (tertiary/aromatic N) is 1. The number of rotatable bonds is 2. The molecule has 2 aliphatic heterocycles. The van der Waals surface area contributed by atoms with Crippen molar-refractivity contribution >= 4 is 11.8 Å². The zero-order valence-electron chi connectivity index (χ0n) is 12.9. The van der Waals surface area contributed by atoms with Gasteiger partial charge in [0, 0.05) is 41.4 Å². The van der Waals surface area contributed by atoms with Crippen molar-refractivity contribution in [1.29, 1.82) is 0 Å². The third-order valence-corrected chi connectivity index (χ3v) is 5.76. The Morgan fingerprint density at radius 2 is 1.85 bits per heavy atom. The van der Waals surface area contributed by atoms with Gasteiger partial charge in [0.25, 0.3) is 0 Å². The van der Waals surface area contributed by atoms with Gasteiger partial charge in [0.15, 0.2) is 0 Å². The monoisotopic (exact) mass is 290 g/mol. The summed E-state index contributed by atoms with van der Waals surface area (Å²) in [6, 6.07) is 10.1. The van der Waals surface area contributed by atoms with Crippen LogP contribution in [0, 0.1) is 0 Å². The van der Waals surface area contributed by atoms with Crippen molar-refractivity contribution in [2.24, 2.45) is 0 Å². The molecule has 1 N–H and O–H groups in total. The number of likely N-dealkylation sites (tertiary alicyclic amines) is 1. The van der Waals surface area contributed by atoms with Crippen LogP contribution in [-0.2, 0) is 0 Å². The summed E-state index contributed by atoms with van der Waals surface area (Å²) >= 11 is 2.00. The lowest BCUT2D eigenvalue weighted by Crippen LogP contribution is -2.50. The van der Waals surface area contributed by atoms with E-state index in [1.54, 1.807) is 0 Å². The van der Waals surface area contributed by atoms with Gasteiger partial charge in [-0.3, -0.25) is 4.90 Å². The number of fused-ring (bicyclic) bond motifs is 1. The molecule has 0 radical (unpaired) electrons. The van der Waals surface area contributed by atoms with Crippen LogP contribution in [0.4, 0.5) is 0 Å². The highest BCUT2D eigenvalue weighted by Gasteiger charge is 2.30. The largest absolute Gasteiger partial charge is 0.306 e. The Bertz CT molecular complexity index is 458. The molecule has 3 rings (SSSR count). The average Bonchev–Trinajstić information content (AvgIpc) is 2.82. The van der Waals surface area contributed by atoms with Crippen molar-refractivity contribution in [3.05, 3.63) is 29.8 Å². The number of thioether (sulfide) groups is 1. The second-order valence-corrected chi connectivity index (χ2v) is 8.06. The third-order valence-electron chi connectivity index (χ3n) is 4.58. The molecule has 0 aromatic heterocycles. The van der Waals surface area contributed by atoms with Crippen molar-refractivity contribution in [3.63, 3.8) is 0 Å². The lowest BCUT2D eigenvalue weighted by Gasteiger charge is -2.41. The van der Waals surface area contributed by atoms with Crippen LogP contribution in [0.2, 0.25) is 0 Å². The second-order valence-electron chi connectivity index (χ2n) is 7.00. The molecule has 110 valence electrons. The van der Waals surface area contributed by atoms with Crippen LogP contribution >= 0.6 is 11.8 Å². The highest BCUT2D eigenvalue weighted by molar-refractivity contribution is 7.99. The van der Waals surface area contributed by atoms with E-state index in [0.29, 0.717) is 17.6 Å². The molecule has 2 nitrogen and oxygen atoms in total. The van der Waals surface area contributed by atoms with E-state index >= 15 is 0 Å². The molecule has 1 aromatic carbocycles. The minimum Gasteiger partial charge on any atom is -0.306 e. The van der Waals surface area contributed by atoms with Crippen molar-refractivity contribution in [2.75, 3.05) is 18.8 Å². The van der Waals surface area contributed by atoms with Crippen molar-refractivity contribution in [1.82, 2.24) is 10.2 Å². The van der Waals surface area contributed by atoms with Crippen molar-refractivity contribution in [3.8, 4) is 0 Å². The van der Waals surface area contributed by atoms with Crippen LogP contribution in [0.1, 0.15) is 45.2 Å². The molecule has 0 spiro atoms. The van der Waals surface area contributed by atoms with Crippen LogP contribution in [0.25, 0.3) is 0 Å². The Kier molecular flexibility index (Phi) is 4.11. The van der Waals surface area contributed by atoms with Gasteiger partial charge >= 0.3 is 0 Å². The smallest absolute Gasteiger partial charge is 0.0428 e. The number of hydrogen-bond donors (Lipinski definition) is 1. The minimum atomic E-state index is 0.320. The first-order chi connectivity index (χ1) is 9.54. The molecule has 0 bridgehead atoms. The van der Waals surface area contributed by atoms with Gasteiger partial charge in [-0.2, -0.15) is 0 Å². The number of nitrogens with one attached hydrogen (secondary N) is 1. The SMILES string of the molecule is CC(C)(C)N1CCC(NC2CSc3ccccc32)CC1. The molecule has 1 saturated heterocycles. The molecule has 3 heteroatoms. The fraction of sp³-hybridized carbons (Fsp3) is 0.647. The first kappa shape index (κ1) is 14.4. The zero-order chi connectivity index (χ0) is 14.2. The normalized spacial score (nSPS) is 24.9. The van der Waals surface area contributed by atoms with Gasteiger partial charge in [-0.15, -0.1) is 11.8 Å². The highest BCUT2D eigenvalue weighted by atomic mass is 32.2. The van der Waals surface area contributed by atoms with E-state index in [-0.39, 0.29) is 0 Å². The fourth-order valence-electron chi connectivity index (χ4n) is 3.30. The quantitative estimate of drug-likeness (QED) is 0.894. The molecule has 0 aliphatic carbocycles. The molecule has 20 heavy (non-hydrogen) atoms. The molecule has 0 amide bonds. The summed E-state index contributed by atoms with van der Waals surface area (Å²) in [6.07, 6.45) is 2.56. The minimum absolute atomic E-state index is 0.320. The Labute approximate surface area is 127 Å². The predicted octanol–water partition coefficient (Wildman–Crippen LogP) is 3.69. The lowest BCUT2D eigenvalue weighted by atomic mass is 9.97. The summed E-state index contributed by atoms with van der Waals surface area (Å²) in [7, 11) is 0. The Morgan fingerprint density at radius 1 is 1.15 bits per heavy atom. The van der Waals surface area contributed by atoms with E-state index < -0.39 is 0 Å². The van der Waals surface area contributed by atoms with Crippen molar-refractivity contribution in [2.45, 2.75) is 56.1 Å². The van der Waals surface area contributed by atoms with Gasteiger partial charge in [0.2, 0.25) is 0 Å². The summed E-state index contributed by atoms with van der Waals surface area (Å²) in [5.41, 5.74) is 1.83. The number of benzene rings is 1. The van der Waals surface area contributed by atoms with E-state index in [0.717, 1.165) is 0 Å². The molecular formula is C17H26N2S. The molecular weight excluding hydrogens is 264 g/mol. The molecule has 2 aliphatic rings. The van der Waals surface area contributed by atoms with Gasteiger partial charge in [0.05, 0.1) is 0 Å². The van der Waals surface area contributed by atoms with E-state index in [9.17, 15) is 0 Å². The summed E-state index contributed by atoms with van der Waals surface area (Å²) in [5.74, 6) is 1.19. The summed E-state index contributed by atoms with van der Waals surface area (Å²) in [6.45, 7) is 9.42. The van der Waals surface area contributed by atoms with Crippen LogP contribution in [0.3, 0.4) is 0 Å². The second kappa shape index (κ2) is 5.70. The fourth-order valence-corrected chi connectivity index (χ4v) is 4.48. The van der Waals surface area contributed by atoms with E-state index in [1.807, 2.05) is 11.8 Å². The maximum Gasteiger partial charge on any atom is 0.0428 e. The molecule has 0 saturated carbocycles. The highest BCUT2D eigenvalue weighted by Crippen LogP contribution is 2.38. The van der Waals surface area contributed by atoms with Gasteiger partial charge in [-0.05, 0) is 45.2 Å². The lowest BCUT2D eigenvalue weighted by molar-refractivity contribution is 0.0944. The molecule has 1 fully saturated rings. The Balaban J connectivity index is 1.56. The Hall–Kier alpha value is -0.510. The maximum atomic E-state index is 3.90. The first-order valence-electron chi connectivity index (χ1n) is 7.77. The van der Waals surface area contributed by atoms with Crippen LogP contribution in [0.15, 0.2) is 29.2 Å². The Morgan fingerprint density at radius 3 is 2.55 bits per heavy atom. The van der Waals surface area contributed by atoms with E-state index in [2.05, 4.69) is 55.3 Å². The van der Waals surface area contributed by atoms with Gasteiger partial charge in [-0.25, -0.2) is 0 Å². The summed E-state index contributed by atoms with van der Waals surface area (Å²) in [5, 5.41) is 3.90. The molecule has 1 unspecified atom stereocenters.